The van der Waals surface area contributed by atoms with Crippen LogP contribution in [0.4, 0.5) is 5.69 Å². The Bertz CT molecular complexity index is 1140. The highest BCUT2D eigenvalue weighted by Crippen LogP contribution is 2.29. The van der Waals surface area contributed by atoms with Crippen molar-refractivity contribution in [3.63, 3.8) is 0 Å². The van der Waals surface area contributed by atoms with E-state index in [0.29, 0.717) is 0 Å². The van der Waals surface area contributed by atoms with Crippen molar-refractivity contribution in [3.8, 4) is 17.1 Å². The maximum atomic E-state index is 5.54. The Kier molecular flexibility index (Phi) is 4.13. The summed E-state index contributed by atoms with van der Waals surface area (Å²) in [4.78, 5) is 7.25. The minimum Gasteiger partial charge on any atom is -0.378 e. The van der Waals surface area contributed by atoms with Crippen LogP contribution in [0.5, 0.6) is 0 Å². The zero-order valence-corrected chi connectivity index (χ0v) is 16.2. The van der Waals surface area contributed by atoms with Gasteiger partial charge in [-0.05, 0) is 25.1 Å². The van der Waals surface area contributed by atoms with Gasteiger partial charge in [-0.2, -0.15) is 5.10 Å². The SMILES string of the molecule is Cc1cccc(-c2ccn(-c3cc(N4CCOCC4)c4c(ccn4C)n3)n2)c1. The highest BCUT2D eigenvalue weighted by molar-refractivity contribution is 5.90. The van der Waals surface area contributed by atoms with Gasteiger partial charge in [0.2, 0.25) is 0 Å². The number of rotatable bonds is 3. The van der Waals surface area contributed by atoms with Crippen LogP contribution in [-0.4, -0.2) is 45.6 Å². The lowest BCUT2D eigenvalue weighted by molar-refractivity contribution is 0.123. The van der Waals surface area contributed by atoms with Crippen molar-refractivity contribution in [2.45, 2.75) is 6.92 Å². The van der Waals surface area contributed by atoms with E-state index in [1.54, 1.807) is 0 Å². The Morgan fingerprint density at radius 3 is 2.68 bits per heavy atom. The smallest absolute Gasteiger partial charge is 0.156 e. The van der Waals surface area contributed by atoms with Gasteiger partial charge in [0.05, 0.1) is 35.6 Å². The number of fused-ring (bicyclic) bond motifs is 1. The highest BCUT2D eigenvalue weighted by Gasteiger charge is 2.18. The summed E-state index contributed by atoms with van der Waals surface area (Å²) in [6.07, 6.45) is 4.05. The summed E-state index contributed by atoms with van der Waals surface area (Å²) in [5, 5.41) is 4.80. The predicted molar refractivity (Wildman–Crippen MR) is 111 cm³/mol. The first-order chi connectivity index (χ1) is 13.7. The summed E-state index contributed by atoms with van der Waals surface area (Å²) in [6.45, 7) is 5.38. The van der Waals surface area contributed by atoms with Crippen LogP contribution in [0.15, 0.2) is 54.9 Å². The van der Waals surface area contributed by atoms with Gasteiger partial charge in [-0.1, -0.05) is 23.8 Å². The van der Waals surface area contributed by atoms with E-state index in [9.17, 15) is 0 Å². The Labute approximate surface area is 164 Å². The molecule has 0 saturated carbocycles. The van der Waals surface area contributed by atoms with Crippen LogP contribution in [0, 0.1) is 6.92 Å². The molecule has 0 unspecified atom stereocenters. The summed E-state index contributed by atoms with van der Waals surface area (Å²) in [5.41, 5.74) is 6.61. The van der Waals surface area contributed by atoms with Crippen LogP contribution in [0.1, 0.15) is 5.56 Å². The molecule has 5 rings (SSSR count). The predicted octanol–water partition coefficient (Wildman–Crippen LogP) is 3.57. The van der Waals surface area contributed by atoms with E-state index in [-0.39, 0.29) is 0 Å². The van der Waals surface area contributed by atoms with Crippen LogP contribution < -0.4 is 4.90 Å². The van der Waals surface area contributed by atoms with Crippen molar-refractivity contribution in [3.05, 3.63) is 60.4 Å². The second-order valence-electron chi connectivity index (χ2n) is 7.27. The van der Waals surface area contributed by atoms with Gasteiger partial charge in [0, 0.05) is 44.2 Å². The van der Waals surface area contributed by atoms with Crippen LogP contribution in [0.2, 0.25) is 0 Å². The molecule has 1 aliphatic heterocycles. The Balaban J connectivity index is 1.60. The van der Waals surface area contributed by atoms with Gasteiger partial charge in [0.15, 0.2) is 5.82 Å². The fourth-order valence-electron chi connectivity index (χ4n) is 3.84. The minimum atomic E-state index is 0.753. The zero-order valence-electron chi connectivity index (χ0n) is 16.2. The summed E-state index contributed by atoms with van der Waals surface area (Å²) < 4.78 is 9.55. The number of nitrogens with zero attached hydrogens (tertiary/aromatic N) is 5. The molecule has 0 aliphatic carbocycles. The molecule has 28 heavy (non-hydrogen) atoms. The molecule has 142 valence electrons. The van der Waals surface area contributed by atoms with Crippen molar-refractivity contribution in [2.75, 3.05) is 31.2 Å². The lowest BCUT2D eigenvalue weighted by Crippen LogP contribution is -2.36. The Morgan fingerprint density at radius 1 is 1.00 bits per heavy atom. The normalized spacial score (nSPS) is 14.7. The van der Waals surface area contributed by atoms with Gasteiger partial charge in [-0.15, -0.1) is 0 Å². The number of pyridine rings is 1. The fraction of sp³-hybridized carbons (Fsp3) is 0.273. The molecule has 0 radical (unpaired) electrons. The van der Waals surface area contributed by atoms with Crippen molar-refractivity contribution in [2.24, 2.45) is 7.05 Å². The van der Waals surface area contributed by atoms with Crippen LogP contribution in [0.25, 0.3) is 28.1 Å². The van der Waals surface area contributed by atoms with E-state index in [4.69, 9.17) is 14.8 Å². The molecule has 0 atom stereocenters. The maximum absolute atomic E-state index is 5.54. The van der Waals surface area contributed by atoms with Gasteiger partial charge in [-0.3, -0.25) is 0 Å². The third-order valence-electron chi connectivity index (χ3n) is 5.28. The van der Waals surface area contributed by atoms with E-state index in [1.807, 2.05) is 16.9 Å². The van der Waals surface area contributed by atoms with E-state index >= 15 is 0 Å². The molecule has 6 heteroatoms. The highest BCUT2D eigenvalue weighted by atomic mass is 16.5. The lowest BCUT2D eigenvalue weighted by atomic mass is 10.1. The molecule has 1 saturated heterocycles. The molecule has 4 aromatic rings. The summed E-state index contributed by atoms with van der Waals surface area (Å²) in [7, 11) is 2.07. The summed E-state index contributed by atoms with van der Waals surface area (Å²) in [6, 6.07) is 14.6. The summed E-state index contributed by atoms with van der Waals surface area (Å²) >= 11 is 0. The topological polar surface area (TPSA) is 48.1 Å². The van der Waals surface area contributed by atoms with Crippen LogP contribution in [-0.2, 0) is 11.8 Å². The quantitative estimate of drug-likeness (QED) is 0.551. The first kappa shape index (κ1) is 17.0. The molecule has 1 aliphatic rings. The molecular formula is C22H23N5O. The molecule has 4 heterocycles. The largest absolute Gasteiger partial charge is 0.378 e. The number of hydrogen-bond donors (Lipinski definition) is 0. The average Bonchev–Trinajstić information content (AvgIpc) is 3.36. The molecule has 0 amide bonds. The third-order valence-corrected chi connectivity index (χ3v) is 5.28. The van der Waals surface area contributed by atoms with Crippen LogP contribution >= 0.6 is 0 Å². The average molecular weight is 373 g/mol. The zero-order chi connectivity index (χ0) is 19.1. The summed E-state index contributed by atoms with van der Waals surface area (Å²) in [5.74, 6) is 0.832. The van der Waals surface area contributed by atoms with E-state index in [2.05, 4.69) is 66.0 Å². The minimum absolute atomic E-state index is 0.753. The molecule has 0 N–H and O–H groups in total. The van der Waals surface area contributed by atoms with Crippen molar-refractivity contribution in [1.29, 1.82) is 0 Å². The van der Waals surface area contributed by atoms with Gasteiger partial charge in [0.25, 0.3) is 0 Å². The standard InChI is InChI=1S/C22H23N5O/c1-16-4-3-5-17(14-16)18-7-9-27(24-18)21-15-20(26-10-12-28-13-11-26)22-19(23-21)6-8-25(22)2/h3-9,14-15H,10-13H2,1-2H3. The van der Waals surface area contributed by atoms with Crippen LogP contribution in [0.3, 0.4) is 0 Å². The second kappa shape index (κ2) is 6.80. The van der Waals surface area contributed by atoms with Gasteiger partial charge >= 0.3 is 0 Å². The third kappa shape index (κ3) is 2.96. The number of anilines is 1. The molecule has 0 bridgehead atoms. The number of aromatic nitrogens is 4. The van der Waals surface area contributed by atoms with Gasteiger partial charge in [-0.25, -0.2) is 9.67 Å². The van der Waals surface area contributed by atoms with E-state index in [1.165, 1.54) is 11.3 Å². The molecule has 6 nitrogen and oxygen atoms in total. The number of aryl methyl sites for hydroxylation is 2. The fourth-order valence-corrected chi connectivity index (χ4v) is 3.84. The molecular weight excluding hydrogens is 350 g/mol. The lowest BCUT2D eigenvalue weighted by Gasteiger charge is -2.29. The Morgan fingerprint density at radius 2 is 1.86 bits per heavy atom. The number of morpholine rings is 1. The van der Waals surface area contributed by atoms with Gasteiger partial charge < -0.3 is 14.2 Å². The first-order valence-electron chi connectivity index (χ1n) is 9.61. The van der Waals surface area contributed by atoms with Crippen molar-refractivity contribution in [1.82, 2.24) is 19.3 Å². The molecule has 1 fully saturated rings. The Hall–Kier alpha value is -3.12. The van der Waals surface area contributed by atoms with Crippen molar-refractivity contribution >= 4 is 16.7 Å². The first-order valence-corrected chi connectivity index (χ1v) is 9.61. The molecule has 3 aromatic heterocycles. The molecule has 1 aromatic carbocycles. The number of ether oxygens (including phenoxy) is 1. The molecule has 0 spiro atoms. The van der Waals surface area contributed by atoms with Crippen molar-refractivity contribution < 1.29 is 4.74 Å². The second-order valence-corrected chi connectivity index (χ2v) is 7.27. The number of benzene rings is 1. The number of hydrogen-bond acceptors (Lipinski definition) is 4. The van der Waals surface area contributed by atoms with E-state index < -0.39 is 0 Å². The van der Waals surface area contributed by atoms with Gasteiger partial charge in [0.1, 0.15) is 0 Å². The van der Waals surface area contributed by atoms with E-state index in [0.717, 1.165) is 54.4 Å². The monoisotopic (exact) mass is 373 g/mol. The maximum Gasteiger partial charge on any atom is 0.156 e.